The molecule has 0 radical (unpaired) electrons. The Hall–Kier alpha value is -3.32. The second-order valence-corrected chi connectivity index (χ2v) is 8.51. The third-order valence-corrected chi connectivity index (χ3v) is 7.02. The Morgan fingerprint density at radius 1 is 1.10 bits per heavy atom. The van der Waals surface area contributed by atoms with E-state index in [1.54, 1.807) is 12.1 Å². The van der Waals surface area contributed by atoms with Crippen LogP contribution in [0.4, 0.5) is 5.69 Å². The molecule has 0 amide bonds. The molecule has 3 rings (SSSR count). The third kappa shape index (κ3) is 3.95. The first-order valence-corrected chi connectivity index (χ1v) is 10.2. The van der Waals surface area contributed by atoms with E-state index in [1.807, 2.05) is 0 Å². The van der Waals surface area contributed by atoms with Crippen molar-refractivity contribution in [3.63, 3.8) is 0 Å². The molecule has 2 heterocycles. The summed E-state index contributed by atoms with van der Waals surface area (Å²) >= 11 is 0.633. The number of esters is 2. The van der Waals surface area contributed by atoms with Gasteiger partial charge >= 0.3 is 11.9 Å². The number of sulfonamides is 1. The summed E-state index contributed by atoms with van der Waals surface area (Å²) in [7, 11) is -1.91. The molecule has 2 aromatic heterocycles. The van der Waals surface area contributed by atoms with Crippen molar-refractivity contribution in [2.24, 2.45) is 0 Å². The molecule has 0 saturated heterocycles. The second-order valence-electron chi connectivity index (χ2n) is 5.61. The molecule has 29 heavy (non-hydrogen) atoms. The minimum Gasteiger partial charge on any atom is -0.465 e. The van der Waals surface area contributed by atoms with E-state index < -0.39 is 22.0 Å². The molecule has 152 valence electrons. The zero-order valence-electron chi connectivity index (χ0n) is 15.4. The highest BCUT2D eigenvalue weighted by Crippen LogP contribution is 2.34. The number of ether oxygens (including phenoxy) is 2. The number of hydrogen-bond donors (Lipinski definition) is 1. The second kappa shape index (κ2) is 7.97. The zero-order valence-corrected chi connectivity index (χ0v) is 17.1. The summed E-state index contributed by atoms with van der Waals surface area (Å²) in [5, 5.41) is 10.8. The maximum atomic E-state index is 12.9. The lowest BCUT2D eigenvalue weighted by molar-refractivity contribution is 0.0596. The number of benzene rings is 1. The summed E-state index contributed by atoms with van der Waals surface area (Å²) in [6.45, 7) is 1.45. The van der Waals surface area contributed by atoms with Gasteiger partial charge in [-0.05, 0) is 47.2 Å². The molecule has 0 aliphatic rings. The largest absolute Gasteiger partial charge is 0.465 e. The van der Waals surface area contributed by atoms with E-state index in [0.29, 0.717) is 17.0 Å². The maximum Gasteiger partial charge on any atom is 0.348 e. The van der Waals surface area contributed by atoms with Crippen LogP contribution in [-0.2, 0) is 19.5 Å². The van der Waals surface area contributed by atoms with Gasteiger partial charge in [-0.1, -0.05) is 0 Å². The number of rotatable bonds is 6. The van der Waals surface area contributed by atoms with Crippen molar-refractivity contribution in [2.75, 3.05) is 18.9 Å². The average molecular weight is 437 g/mol. The number of carbonyl (C=O) groups excluding carboxylic acids is 2. The molecule has 3 aromatic rings. The fourth-order valence-corrected chi connectivity index (χ4v) is 5.27. The van der Waals surface area contributed by atoms with Gasteiger partial charge in [-0.25, -0.2) is 22.7 Å². The van der Waals surface area contributed by atoms with E-state index in [-0.39, 0.29) is 25.9 Å². The summed E-state index contributed by atoms with van der Waals surface area (Å²) in [4.78, 5) is 24.1. The van der Waals surface area contributed by atoms with Gasteiger partial charge in [0, 0.05) is 5.69 Å². The van der Waals surface area contributed by atoms with Gasteiger partial charge in [-0.3, -0.25) is 4.72 Å². The lowest BCUT2D eigenvalue weighted by Crippen LogP contribution is -2.16. The number of hydrogen-bond acceptors (Lipinski definition) is 10. The summed E-state index contributed by atoms with van der Waals surface area (Å²) in [5.41, 5.74) is 0.815. The monoisotopic (exact) mass is 437 g/mol. The molecule has 13 heteroatoms. The van der Waals surface area contributed by atoms with E-state index in [9.17, 15) is 18.0 Å². The molecule has 0 unspecified atom stereocenters. The molecular formula is C16H15N5O6S2. The van der Waals surface area contributed by atoms with Crippen LogP contribution in [0.2, 0.25) is 0 Å². The van der Waals surface area contributed by atoms with Gasteiger partial charge in [0.1, 0.15) is 11.2 Å². The minimum atomic E-state index is -4.20. The Kier molecular flexibility index (Phi) is 5.61. The Balaban J connectivity index is 1.98. The number of thiophene rings is 1. The van der Waals surface area contributed by atoms with Crippen LogP contribution in [0.15, 0.2) is 34.8 Å². The lowest BCUT2D eigenvalue weighted by atomic mass is 10.2. The number of anilines is 1. The van der Waals surface area contributed by atoms with Crippen molar-refractivity contribution < 1.29 is 27.5 Å². The first kappa shape index (κ1) is 20.4. The zero-order chi connectivity index (χ0) is 21.2. The van der Waals surface area contributed by atoms with Crippen LogP contribution in [0, 0.1) is 6.92 Å². The predicted molar refractivity (Wildman–Crippen MR) is 102 cm³/mol. The van der Waals surface area contributed by atoms with Crippen molar-refractivity contribution >= 4 is 39.0 Å². The SMILES string of the molecule is COC(=O)c1sc(S(=O)(=O)Nc2ccc(-n3cnnn3)cc2)c(C(=O)OC)c1C. The summed E-state index contributed by atoms with van der Waals surface area (Å²) in [6.07, 6.45) is 1.39. The number of nitrogens with zero attached hydrogens (tertiary/aromatic N) is 4. The average Bonchev–Trinajstić information content (AvgIpc) is 3.35. The van der Waals surface area contributed by atoms with Gasteiger partial charge in [0.15, 0.2) is 4.21 Å². The molecule has 11 nitrogen and oxygen atoms in total. The van der Waals surface area contributed by atoms with Crippen molar-refractivity contribution in [1.29, 1.82) is 0 Å². The number of aromatic nitrogens is 4. The van der Waals surface area contributed by atoms with E-state index in [4.69, 9.17) is 0 Å². The minimum absolute atomic E-state index is 0.00213. The highest BCUT2D eigenvalue weighted by atomic mass is 32.2. The molecule has 0 spiro atoms. The number of nitrogens with one attached hydrogen (secondary N) is 1. The number of methoxy groups -OCH3 is 2. The van der Waals surface area contributed by atoms with Crippen LogP contribution in [0.5, 0.6) is 0 Å². The fourth-order valence-electron chi connectivity index (χ4n) is 2.47. The van der Waals surface area contributed by atoms with Crippen molar-refractivity contribution in [1.82, 2.24) is 20.2 Å². The van der Waals surface area contributed by atoms with Crippen LogP contribution in [0.3, 0.4) is 0 Å². The smallest absolute Gasteiger partial charge is 0.348 e. The van der Waals surface area contributed by atoms with Crippen molar-refractivity contribution in [3.8, 4) is 5.69 Å². The Labute approximate surface area is 169 Å². The van der Waals surface area contributed by atoms with Gasteiger partial charge in [0.25, 0.3) is 10.0 Å². The summed E-state index contributed by atoms with van der Waals surface area (Å²) < 4.78 is 38.7. The fraction of sp³-hybridized carbons (Fsp3) is 0.188. The van der Waals surface area contributed by atoms with Crippen molar-refractivity contribution in [3.05, 3.63) is 46.6 Å². The van der Waals surface area contributed by atoms with E-state index >= 15 is 0 Å². The normalized spacial score (nSPS) is 11.1. The quantitative estimate of drug-likeness (QED) is 0.566. The standard InChI is InChI=1S/C16H15N5O6S2/c1-9-12(14(22)26-2)16(28-13(9)15(23)27-3)29(24,25)18-10-4-6-11(7-5-10)21-8-17-19-20-21/h4-8,18H,1-3H3. The number of carbonyl (C=O) groups is 2. The van der Waals surface area contributed by atoms with Gasteiger partial charge in [-0.15, -0.1) is 16.4 Å². The van der Waals surface area contributed by atoms with Gasteiger partial charge in [0.05, 0.1) is 25.5 Å². The Morgan fingerprint density at radius 3 is 2.31 bits per heavy atom. The first-order chi connectivity index (χ1) is 13.8. The number of tetrazole rings is 1. The molecular weight excluding hydrogens is 422 g/mol. The maximum absolute atomic E-state index is 12.9. The highest BCUT2D eigenvalue weighted by molar-refractivity contribution is 7.94. The molecule has 0 fully saturated rings. The molecule has 0 saturated carbocycles. The predicted octanol–water partition coefficient (Wildman–Crippen LogP) is 1.41. The molecule has 0 bridgehead atoms. The molecule has 0 aliphatic heterocycles. The van der Waals surface area contributed by atoms with Crippen LogP contribution in [-0.4, -0.2) is 54.8 Å². The Morgan fingerprint density at radius 2 is 1.76 bits per heavy atom. The molecule has 0 atom stereocenters. The highest BCUT2D eigenvalue weighted by Gasteiger charge is 2.32. The van der Waals surface area contributed by atoms with Crippen LogP contribution in [0.25, 0.3) is 5.69 Å². The first-order valence-electron chi connectivity index (χ1n) is 7.94. The summed E-state index contributed by atoms with van der Waals surface area (Å²) in [6, 6.07) is 6.23. The summed E-state index contributed by atoms with van der Waals surface area (Å²) in [5.74, 6) is -1.62. The van der Waals surface area contributed by atoms with Gasteiger partial charge in [-0.2, -0.15) is 0 Å². The molecule has 1 aromatic carbocycles. The Bertz CT molecular complexity index is 1150. The van der Waals surface area contributed by atoms with E-state index in [1.165, 1.54) is 30.1 Å². The lowest BCUT2D eigenvalue weighted by Gasteiger charge is -2.09. The van der Waals surface area contributed by atoms with Crippen LogP contribution < -0.4 is 4.72 Å². The van der Waals surface area contributed by atoms with Gasteiger partial charge in [0.2, 0.25) is 0 Å². The van der Waals surface area contributed by atoms with Crippen LogP contribution in [0.1, 0.15) is 25.6 Å². The van der Waals surface area contributed by atoms with Gasteiger partial charge < -0.3 is 9.47 Å². The van der Waals surface area contributed by atoms with Crippen molar-refractivity contribution in [2.45, 2.75) is 11.1 Å². The van der Waals surface area contributed by atoms with E-state index in [0.717, 1.165) is 14.2 Å². The molecule has 0 aliphatic carbocycles. The third-order valence-electron chi connectivity index (χ3n) is 3.85. The van der Waals surface area contributed by atoms with E-state index in [2.05, 4.69) is 29.7 Å². The van der Waals surface area contributed by atoms with Crippen LogP contribution >= 0.6 is 11.3 Å². The topological polar surface area (TPSA) is 142 Å². The molecule has 1 N–H and O–H groups in total.